The molecule has 1 aromatic carbocycles. The van der Waals surface area contributed by atoms with Crippen LogP contribution in [0.4, 0.5) is 4.39 Å². The van der Waals surface area contributed by atoms with Crippen molar-refractivity contribution >= 4 is 5.91 Å². The lowest BCUT2D eigenvalue weighted by atomic mass is 9.85. The van der Waals surface area contributed by atoms with Crippen molar-refractivity contribution in [1.29, 1.82) is 0 Å². The number of aromatic nitrogens is 1. The number of likely N-dealkylation sites (tertiary alicyclic amines) is 1. The summed E-state index contributed by atoms with van der Waals surface area (Å²) in [6, 6.07) is 10.1. The van der Waals surface area contributed by atoms with Gasteiger partial charge in [-0.3, -0.25) is 9.78 Å². The molecule has 1 atom stereocenters. The van der Waals surface area contributed by atoms with Crippen molar-refractivity contribution in [3.05, 3.63) is 65.7 Å². The van der Waals surface area contributed by atoms with Gasteiger partial charge in [-0.1, -0.05) is 18.2 Å². The molecule has 4 nitrogen and oxygen atoms in total. The van der Waals surface area contributed by atoms with Crippen LogP contribution in [-0.4, -0.2) is 39.6 Å². The molecule has 2 aromatic rings. The second-order valence-electron chi connectivity index (χ2n) is 6.86. The first kappa shape index (κ1) is 17.5. The summed E-state index contributed by atoms with van der Waals surface area (Å²) in [6.07, 6.45) is 4.80. The second kappa shape index (κ2) is 7.31. The Hall–Kier alpha value is -2.27. The maximum Gasteiger partial charge on any atom is 0.229 e. The topological polar surface area (TPSA) is 53.4 Å². The van der Waals surface area contributed by atoms with E-state index < -0.39 is 5.60 Å². The minimum Gasteiger partial charge on any atom is -0.389 e. The van der Waals surface area contributed by atoms with E-state index in [4.69, 9.17) is 0 Å². The number of amides is 1. The van der Waals surface area contributed by atoms with E-state index in [0.29, 0.717) is 32.4 Å². The zero-order valence-electron chi connectivity index (χ0n) is 14.4. The van der Waals surface area contributed by atoms with Crippen LogP contribution >= 0.6 is 0 Å². The molecule has 1 amide bonds. The van der Waals surface area contributed by atoms with Gasteiger partial charge in [-0.05, 0) is 49.1 Å². The van der Waals surface area contributed by atoms with Gasteiger partial charge in [-0.25, -0.2) is 4.39 Å². The van der Waals surface area contributed by atoms with E-state index in [1.165, 1.54) is 12.1 Å². The fraction of sp³-hybridized carbons (Fsp3) is 0.400. The van der Waals surface area contributed by atoms with Gasteiger partial charge < -0.3 is 10.0 Å². The SMILES string of the molecule is CC(C(=O)N1CCC(O)(Cc2cccc(F)c2)CC1)c1cccnc1. The molecular formula is C20H23FN2O2. The molecule has 1 aliphatic rings. The maximum absolute atomic E-state index is 13.3. The van der Waals surface area contributed by atoms with Crippen LogP contribution in [0.15, 0.2) is 48.8 Å². The molecule has 0 spiro atoms. The van der Waals surface area contributed by atoms with Gasteiger partial charge in [0.05, 0.1) is 11.5 Å². The van der Waals surface area contributed by atoms with Gasteiger partial charge in [-0.2, -0.15) is 0 Å². The molecule has 1 saturated heterocycles. The Bertz CT molecular complexity index is 727. The molecule has 5 heteroatoms. The number of aliphatic hydroxyl groups is 1. The number of halogens is 1. The lowest BCUT2D eigenvalue weighted by molar-refractivity contribution is -0.136. The van der Waals surface area contributed by atoms with Crippen LogP contribution < -0.4 is 0 Å². The van der Waals surface area contributed by atoms with Crippen molar-refractivity contribution in [3.8, 4) is 0 Å². The molecule has 0 radical (unpaired) electrons. The molecule has 1 unspecified atom stereocenters. The van der Waals surface area contributed by atoms with Gasteiger partial charge in [0.25, 0.3) is 0 Å². The standard InChI is InChI=1S/C20H23FN2O2/c1-15(17-5-3-9-22-14-17)19(24)23-10-7-20(25,8-11-23)13-16-4-2-6-18(21)12-16/h2-6,9,12,14-15,25H,7-8,10-11,13H2,1H3. The summed E-state index contributed by atoms with van der Waals surface area (Å²) in [7, 11) is 0. The number of benzene rings is 1. The van der Waals surface area contributed by atoms with E-state index in [1.54, 1.807) is 23.4 Å². The monoisotopic (exact) mass is 342 g/mol. The molecular weight excluding hydrogens is 319 g/mol. The van der Waals surface area contributed by atoms with Crippen molar-refractivity contribution < 1.29 is 14.3 Å². The van der Waals surface area contributed by atoms with Gasteiger partial charge in [0.2, 0.25) is 5.91 Å². The quantitative estimate of drug-likeness (QED) is 0.929. The Kier molecular flexibility index (Phi) is 5.13. The normalized spacial score (nSPS) is 18.0. The van der Waals surface area contributed by atoms with Crippen LogP contribution in [0.25, 0.3) is 0 Å². The molecule has 1 fully saturated rings. The molecule has 132 valence electrons. The first-order valence-electron chi connectivity index (χ1n) is 8.62. The van der Waals surface area contributed by atoms with E-state index in [9.17, 15) is 14.3 Å². The number of piperidine rings is 1. The first-order valence-corrected chi connectivity index (χ1v) is 8.62. The highest BCUT2D eigenvalue weighted by Gasteiger charge is 2.35. The molecule has 0 aliphatic carbocycles. The lowest BCUT2D eigenvalue weighted by Gasteiger charge is -2.39. The van der Waals surface area contributed by atoms with E-state index in [0.717, 1.165) is 11.1 Å². The fourth-order valence-corrected chi connectivity index (χ4v) is 3.40. The molecule has 1 N–H and O–H groups in total. The third-order valence-corrected chi connectivity index (χ3v) is 4.98. The van der Waals surface area contributed by atoms with Crippen LogP contribution in [0, 0.1) is 5.82 Å². The van der Waals surface area contributed by atoms with Crippen LogP contribution in [0.2, 0.25) is 0 Å². The number of nitrogens with zero attached hydrogens (tertiary/aromatic N) is 2. The Morgan fingerprint density at radius 2 is 2.08 bits per heavy atom. The lowest BCUT2D eigenvalue weighted by Crippen LogP contribution is -2.48. The minimum atomic E-state index is -0.887. The summed E-state index contributed by atoms with van der Waals surface area (Å²) in [5.41, 5.74) is 0.793. The number of hydrogen-bond acceptors (Lipinski definition) is 3. The highest BCUT2D eigenvalue weighted by molar-refractivity contribution is 5.83. The largest absolute Gasteiger partial charge is 0.389 e. The van der Waals surface area contributed by atoms with Crippen LogP contribution in [0.5, 0.6) is 0 Å². The van der Waals surface area contributed by atoms with Gasteiger partial charge >= 0.3 is 0 Å². The summed E-state index contributed by atoms with van der Waals surface area (Å²) >= 11 is 0. The second-order valence-corrected chi connectivity index (χ2v) is 6.86. The number of hydrogen-bond donors (Lipinski definition) is 1. The van der Waals surface area contributed by atoms with Crippen molar-refractivity contribution in [2.24, 2.45) is 0 Å². The van der Waals surface area contributed by atoms with Crippen molar-refractivity contribution in [3.63, 3.8) is 0 Å². The predicted octanol–water partition coefficient (Wildman–Crippen LogP) is 2.92. The summed E-state index contributed by atoms with van der Waals surface area (Å²) in [6.45, 7) is 2.90. The Labute approximate surface area is 147 Å². The zero-order valence-corrected chi connectivity index (χ0v) is 14.4. The van der Waals surface area contributed by atoms with E-state index >= 15 is 0 Å². The van der Waals surface area contributed by atoms with Crippen molar-refractivity contribution in [1.82, 2.24) is 9.88 Å². The van der Waals surface area contributed by atoms with Gasteiger partial charge in [0.15, 0.2) is 0 Å². The molecule has 3 rings (SSSR count). The highest BCUT2D eigenvalue weighted by Crippen LogP contribution is 2.28. The van der Waals surface area contributed by atoms with E-state index in [-0.39, 0.29) is 17.6 Å². The van der Waals surface area contributed by atoms with Crippen molar-refractivity contribution in [2.75, 3.05) is 13.1 Å². The minimum absolute atomic E-state index is 0.0563. The third-order valence-electron chi connectivity index (χ3n) is 4.98. The van der Waals surface area contributed by atoms with Gasteiger partial charge in [-0.15, -0.1) is 0 Å². The van der Waals surface area contributed by atoms with Crippen LogP contribution in [0.3, 0.4) is 0 Å². The van der Waals surface area contributed by atoms with Gasteiger partial charge in [0.1, 0.15) is 5.82 Å². The molecule has 0 bridgehead atoms. The highest BCUT2D eigenvalue weighted by atomic mass is 19.1. The number of carbonyl (C=O) groups excluding carboxylic acids is 1. The molecule has 25 heavy (non-hydrogen) atoms. The Morgan fingerprint density at radius 3 is 2.72 bits per heavy atom. The average molecular weight is 342 g/mol. The first-order chi connectivity index (χ1) is 12.0. The fourth-order valence-electron chi connectivity index (χ4n) is 3.40. The van der Waals surface area contributed by atoms with Gasteiger partial charge in [0, 0.05) is 31.9 Å². The van der Waals surface area contributed by atoms with E-state index in [1.807, 2.05) is 25.1 Å². The smallest absolute Gasteiger partial charge is 0.229 e. The molecule has 2 heterocycles. The van der Waals surface area contributed by atoms with E-state index in [2.05, 4.69) is 4.98 Å². The molecule has 1 aliphatic heterocycles. The summed E-state index contributed by atoms with van der Waals surface area (Å²) in [5, 5.41) is 10.8. The van der Waals surface area contributed by atoms with Crippen molar-refractivity contribution in [2.45, 2.75) is 37.7 Å². The number of pyridine rings is 1. The third kappa shape index (κ3) is 4.23. The number of rotatable bonds is 4. The van der Waals surface area contributed by atoms with Crippen LogP contribution in [-0.2, 0) is 11.2 Å². The Morgan fingerprint density at radius 1 is 1.32 bits per heavy atom. The average Bonchev–Trinajstić information content (AvgIpc) is 2.61. The summed E-state index contributed by atoms with van der Waals surface area (Å²) in [4.78, 5) is 18.6. The molecule has 1 aromatic heterocycles. The summed E-state index contributed by atoms with van der Waals surface area (Å²) in [5.74, 6) is -0.483. The van der Waals surface area contributed by atoms with Crippen LogP contribution in [0.1, 0.15) is 36.8 Å². The Balaban J connectivity index is 1.60. The number of carbonyl (C=O) groups is 1. The zero-order chi connectivity index (χ0) is 17.9. The predicted molar refractivity (Wildman–Crippen MR) is 93.5 cm³/mol. The maximum atomic E-state index is 13.3. The molecule has 0 saturated carbocycles. The summed E-state index contributed by atoms with van der Waals surface area (Å²) < 4.78 is 13.3.